The maximum atomic E-state index is 13.2. The molecule has 26 heavy (non-hydrogen) atoms. The second kappa shape index (κ2) is 6.61. The summed E-state index contributed by atoms with van der Waals surface area (Å²) in [5.74, 6) is 0.213. The summed E-state index contributed by atoms with van der Waals surface area (Å²) in [5, 5.41) is 0.829. The van der Waals surface area contributed by atoms with E-state index in [-0.39, 0.29) is 11.7 Å². The zero-order valence-corrected chi connectivity index (χ0v) is 16.3. The van der Waals surface area contributed by atoms with Gasteiger partial charge in [-0.2, -0.15) is 0 Å². The number of thioether (sulfide) groups is 2. The summed E-state index contributed by atoms with van der Waals surface area (Å²) in [6, 6.07) is 11.6. The zero-order chi connectivity index (χ0) is 18.4. The van der Waals surface area contributed by atoms with Gasteiger partial charge in [-0.3, -0.25) is 9.69 Å². The van der Waals surface area contributed by atoms with Crippen molar-refractivity contribution in [3.8, 4) is 5.75 Å². The van der Waals surface area contributed by atoms with Crippen molar-refractivity contribution in [2.24, 2.45) is 0 Å². The molecule has 8 heteroatoms. The molecule has 0 unspecified atom stereocenters. The number of amides is 1. The molecule has 0 spiro atoms. The highest BCUT2D eigenvalue weighted by molar-refractivity contribution is 8.27. The molecular weight excluding hydrogens is 391 g/mol. The Morgan fingerprint density at radius 1 is 1.12 bits per heavy atom. The largest absolute Gasteiger partial charge is 0.497 e. The first-order valence-electron chi connectivity index (χ1n) is 7.65. The normalized spacial score (nSPS) is 19.3. The summed E-state index contributed by atoms with van der Waals surface area (Å²) in [6.07, 6.45) is 0. The second-order valence-corrected chi connectivity index (χ2v) is 8.29. The lowest BCUT2D eigenvalue weighted by Crippen LogP contribution is -2.28. The highest BCUT2D eigenvalue weighted by Crippen LogP contribution is 2.51. The first-order chi connectivity index (χ1) is 12.5. The third-order valence-electron chi connectivity index (χ3n) is 4.09. The first-order valence-corrected chi connectivity index (χ1v) is 9.69. The zero-order valence-electron chi connectivity index (χ0n) is 13.9. The van der Waals surface area contributed by atoms with Crippen LogP contribution in [0.25, 0.3) is 0 Å². The van der Waals surface area contributed by atoms with Gasteiger partial charge >= 0.3 is 0 Å². The van der Waals surface area contributed by atoms with Crippen LogP contribution in [-0.4, -0.2) is 24.4 Å². The second-order valence-electron chi connectivity index (χ2n) is 5.61. The third kappa shape index (κ3) is 2.78. The Bertz CT molecular complexity index is 959. The number of halogens is 1. The fraction of sp³-hybridized carbons (Fsp3) is 0.111. The number of thiocarbonyl (C=S) groups is 1. The van der Waals surface area contributed by atoms with Crippen LogP contribution in [0.15, 0.2) is 57.3 Å². The van der Waals surface area contributed by atoms with Crippen molar-refractivity contribution in [3.05, 3.63) is 58.2 Å². The number of fused-ring (bicyclic) bond motifs is 1. The van der Waals surface area contributed by atoms with Gasteiger partial charge in [-0.05, 0) is 36.4 Å². The molecule has 0 aliphatic carbocycles. The smallest absolute Gasteiger partial charge is 0.273 e. The first kappa shape index (κ1) is 17.4. The van der Waals surface area contributed by atoms with E-state index in [0.29, 0.717) is 14.9 Å². The van der Waals surface area contributed by atoms with Crippen molar-refractivity contribution >= 4 is 57.3 Å². The monoisotopic (exact) mass is 404 g/mol. The number of nitrogens with zero attached hydrogens (tertiary/aromatic N) is 2. The van der Waals surface area contributed by atoms with Gasteiger partial charge in [-0.1, -0.05) is 35.7 Å². The number of hydrogen-bond donors (Lipinski definition) is 0. The molecule has 1 fully saturated rings. The summed E-state index contributed by atoms with van der Waals surface area (Å²) in [6.45, 7) is 0. The molecule has 2 aliphatic rings. The van der Waals surface area contributed by atoms with Crippen LogP contribution >= 0.6 is 35.7 Å². The van der Waals surface area contributed by atoms with Crippen molar-refractivity contribution in [2.45, 2.75) is 4.90 Å². The Balaban J connectivity index is 1.71. The Hall–Kier alpha value is -2.03. The lowest BCUT2D eigenvalue weighted by atomic mass is 10.2. The minimum absolute atomic E-state index is 0.194. The van der Waals surface area contributed by atoms with Crippen molar-refractivity contribution in [1.82, 2.24) is 0 Å². The van der Waals surface area contributed by atoms with E-state index in [4.69, 9.17) is 17.0 Å². The van der Waals surface area contributed by atoms with Crippen LogP contribution in [0, 0.1) is 5.82 Å². The Labute approximate surface area is 164 Å². The highest BCUT2D eigenvalue weighted by atomic mass is 32.2. The Morgan fingerprint density at radius 2 is 1.85 bits per heavy atom. The average molecular weight is 405 g/mol. The van der Waals surface area contributed by atoms with E-state index in [0.717, 1.165) is 21.4 Å². The lowest BCUT2D eigenvalue weighted by molar-refractivity contribution is -0.113. The maximum Gasteiger partial charge on any atom is 0.273 e. The number of anilines is 2. The number of methoxy groups -OCH3 is 1. The number of carbonyl (C=O) groups is 1. The number of hydrogen-bond acceptors (Lipinski definition) is 6. The van der Waals surface area contributed by atoms with E-state index < -0.39 is 0 Å². The van der Waals surface area contributed by atoms with Gasteiger partial charge in [0.15, 0.2) is 4.32 Å². The standard InChI is InChI=1S/C18H13FN2O2S3/c1-20-13-9-12(23-2)7-8-14(13)25-17(20)15-16(22)21(18(24)26-15)11-5-3-10(19)4-6-11/h3-9H,1-2H3. The number of carbonyl (C=O) groups excluding carboxylic acids is 1. The summed E-state index contributed by atoms with van der Waals surface area (Å²) in [4.78, 5) is 18.0. The molecule has 4 rings (SSSR count). The van der Waals surface area contributed by atoms with Crippen LogP contribution in [-0.2, 0) is 4.79 Å². The van der Waals surface area contributed by atoms with E-state index >= 15 is 0 Å². The number of benzene rings is 2. The van der Waals surface area contributed by atoms with Crippen LogP contribution in [0.5, 0.6) is 5.75 Å². The summed E-state index contributed by atoms with van der Waals surface area (Å²) in [7, 11) is 3.54. The number of rotatable bonds is 2. The molecule has 1 amide bonds. The van der Waals surface area contributed by atoms with Gasteiger partial charge in [-0.15, -0.1) is 0 Å². The van der Waals surface area contributed by atoms with Crippen LogP contribution in [0.2, 0.25) is 0 Å². The van der Waals surface area contributed by atoms with Crippen molar-refractivity contribution in [2.75, 3.05) is 24.0 Å². The van der Waals surface area contributed by atoms with Gasteiger partial charge < -0.3 is 9.64 Å². The predicted molar refractivity (Wildman–Crippen MR) is 108 cm³/mol. The van der Waals surface area contributed by atoms with Crippen LogP contribution < -0.4 is 14.5 Å². The lowest BCUT2D eigenvalue weighted by Gasteiger charge is -2.16. The molecule has 2 aromatic carbocycles. The highest BCUT2D eigenvalue weighted by Gasteiger charge is 2.39. The van der Waals surface area contributed by atoms with E-state index in [9.17, 15) is 9.18 Å². The van der Waals surface area contributed by atoms with Gasteiger partial charge in [-0.25, -0.2) is 4.39 Å². The molecule has 0 saturated carbocycles. The van der Waals surface area contributed by atoms with Gasteiger partial charge in [0, 0.05) is 18.0 Å². The van der Waals surface area contributed by atoms with Crippen molar-refractivity contribution in [1.29, 1.82) is 0 Å². The van der Waals surface area contributed by atoms with E-state index in [1.165, 1.54) is 40.6 Å². The van der Waals surface area contributed by atoms with Crippen LogP contribution in [0.4, 0.5) is 15.8 Å². The topological polar surface area (TPSA) is 32.8 Å². The third-order valence-corrected chi connectivity index (χ3v) is 6.81. The van der Waals surface area contributed by atoms with E-state index in [1.54, 1.807) is 19.2 Å². The molecule has 1 saturated heterocycles. The molecule has 0 bridgehead atoms. The van der Waals surface area contributed by atoms with Crippen molar-refractivity contribution < 1.29 is 13.9 Å². The molecular formula is C18H13FN2O2S3. The Morgan fingerprint density at radius 3 is 2.54 bits per heavy atom. The van der Waals surface area contributed by atoms with Gasteiger partial charge in [0.1, 0.15) is 16.5 Å². The van der Waals surface area contributed by atoms with E-state index in [2.05, 4.69) is 0 Å². The van der Waals surface area contributed by atoms with Crippen LogP contribution in [0.3, 0.4) is 0 Å². The molecule has 2 heterocycles. The summed E-state index contributed by atoms with van der Waals surface area (Å²) < 4.78 is 18.9. The fourth-order valence-electron chi connectivity index (χ4n) is 2.76. The SMILES string of the molecule is COc1ccc2c(c1)N(C)C(=C1SC(=S)N(c3ccc(F)cc3)C1=O)S2. The summed E-state index contributed by atoms with van der Waals surface area (Å²) >= 11 is 8.19. The predicted octanol–water partition coefficient (Wildman–Crippen LogP) is 4.61. The van der Waals surface area contributed by atoms with Gasteiger partial charge in [0.25, 0.3) is 5.91 Å². The molecule has 0 atom stereocenters. The minimum Gasteiger partial charge on any atom is -0.497 e. The quantitative estimate of drug-likeness (QED) is 0.537. The van der Waals surface area contributed by atoms with Gasteiger partial charge in [0.2, 0.25) is 0 Å². The Kier molecular flexibility index (Phi) is 4.42. The fourth-order valence-corrected chi connectivity index (χ4v) is 5.37. The maximum absolute atomic E-state index is 13.2. The van der Waals surface area contributed by atoms with Crippen molar-refractivity contribution in [3.63, 3.8) is 0 Å². The molecule has 0 N–H and O–H groups in total. The van der Waals surface area contributed by atoms with Gasteiger partial charge in [0.05, 0.1) is 23.5 Å². The number of ether oxygens (including phenoxy) is 1. The molecule has 2 aromatic rings. The average Bonchev–Trinajstić information content (AvgIpc) is 3.12. The van der Waals surface area contributed by atoms with E-state index in [1.807, 2.05) is 30.1 Å². The molecule has 0 aromatic heterocycles. The van der Waals surface area contributed by atoms with Crippen LogP contribution in [0.1, 0.15) is 0 Å². The molecule has 2 aliphatic heterocycles. The molecule has 0 radical (unpaired) electrons. The summed E-state index contributed by atoms with van der Waals surface area (Å²) in [5.41, 5.74) is 1.55. The minimum atomic E-state index is -0.354. The molecule has 4 nitrogen and oxygen atoms in total. The molecule has 132 valence electrons.